The maximum absolute atomic E-state index is 5.71. The van der Waals surface area contributed by atoms with Gasteiger partial charge < -0.3 is 14.3 Å². The predicted molar refractivity (Wildman–Crippen MR) is 350 cm³/mol. The fourth-order valence-electron chi connectivity index (χ4n) is 10.2. The maximum Gasteiger partial charge on any atom is 0.248 e. The zero-order chi connectivity index (χ0) is 59.7. The first kappa shape index (κ1) is 59.7. The van der Waals surface area contributed by atoms with Gasteiger partial charge in [-0.1, -0.05) is 296 Å². The van der Waals surface area contributed by atoms with Crippen LogP contribution in [0.15, 0.2) is 306 Å². The molecule has 0 saturated heterocycles. The molecule has 0 radical (unpaired) electrons. The van der Waals surface area contributed by atoms with Crippen molar-refractivity contribution in [3.63, 3.8) is 0 Å². The summed E-state index contributed by atoms with van der Waals surface area (Å²) in [5.41, 5.74) is 15.0. The molecule has 0 aliphatic carbocycles. The molecule has 11 heteroatoms. The average molecular weight is 1140 g/mol. The second kappa shape index (κ2) is 31.5. The van der Waals surface area contributed by atoms with E-state index in [1.54, 1.807) is 6.26 Å². The molecule has 0 bridgehead atoms. The van der Waals surface area contributed by atoms with Gasteiger partial charge >= 0.3 is 0 Å². The van der Waals surface area contributed by atoms with Crippen LogP contribution in [0, 0.1) is 20.8 Å². The molecule has 9 aromatic carbocycles. The lowest BCUT2D eigenvalue weighted by atomic mass is 9.97. The topological polar surface area (TPSA) is 143 Å². The normalized spacial score (nSPS) is 11.8. The molecule has 87 heavy (non-hydrogen) atoms. The van der Waals surface area contributed by atoms with Gasteiger partial charge in [0.1, 0.15) is 24.2 Å². The highest BCUT2D eigenvalue weighted by molar-refractivity contribution is 5.81. The Balaban J connectivity index is 0.000000144. The van der Waals surface area contributed by atoms with Gasteiger partial charge in [-0.2, -0.15) is 10.1 Å². The smallest absolute Gasteiger partial charge is 0.248 e. The van der Waals surface area contributed by atoms with Gasteiger partial charge in [0.15, 0.2) is 11.6 Å². The molecule has 3 heterocycles. The molecule has 11 nitrogen and oxygen atoms in total. The number of hydrogen-bond donors (Lipinski definition) is 4. The zero-order valence-corrected chi connectivity index (χ0v) is 49.2. The number of H-pyrrole nitrogens is 1. The Morgan fingerprint density at radius 2 is 0.690 bits per heavy atom. The summed E-state index contributed by atoms with van der Waals surface area (Å²) < 4.78 is 11.2. The molecule has 0 saturated carbocycles. The number of aromatic amines is 1. The minimum absolute atomic E-state index is 0.0785. The standard InChI is InChI=1S/C26H24N2O.C25H24N4.C25H23N3O/c1-20-19-29-26(28-20)25(23-15-9-4-10-16-23)27-18-17-24(21-11-5-2-6-12-21)22-13-7-3-8-14-22;2*1-19-27-25(29-28-19)24(22-15-9-4-10-16-22)26-18-17-23(20-11-5-2-6-12-20)21-13-7-3-8-14-21/h2-17,19,25,27H,18H2,1H3;2-17,24,26H,18H2,1H3,(H,27,28,29);2-17,24,26H,18H2,1H3/t25-;2*24-/m111/s1. The molecule has 0 amide bonds. The van der Waals surface area contributed by atoms with E-state index in [0.29, 0.717) is 37.2 Å². The molecule has 3 atom stereocenters. The lowest BCUT2D eigenvalue weighted by Crippen LogP contribution is -2.24. The quantitative estimate of drug-likeness (QED) is 0.0549. The van der Waals surface area contributed by atoms with Crippen molar-refractivity contribution >= 4 is 16.7 Å². The number of aromatic nitrogens is 6. The first-order valence-electron chi connectivity index (χ1n) is 29.3. The first-order valence-corrected chi connectivity index (χ1v) is 29.3. The van der Waals surface area contributed by atoms with Crippen LogP contribution in [0.4, 0.5) is 0 Å². The Hall–Kier alpha value is -10.4. The van der Waals surface area contributed by atoms with Crippen molar-refractivity contribution in [2.24, 2.45) is 0 Å². The number of hydrogen-bond acceptors (Lipinski definition) is 10. The van der Waals surface area contributed by atoms with E-state index < -0.39 is 0 Å². The van der Waals surface area contributed by atoms with Crippen molar-refractivity contribution in [3.05, 3.63) is 382 Å². The number of nitrogens with zero attached hydrogens (tertiary/aromatic N) is 5. The summed E-state index contributed by atoms with van der Waals surface area (Å²) in [5, 5.41) is 22.1. The van der Waals surface area contributed by atoms with Crippen LogP contribution in [0.2, 0.25) is 0 Å². The summed E-state index contributed by atoms with van der Waals surface area (Å²) in [6.07, 6.45) is 8.38. The highest BCUT2D eigenvalue weighted by atomic mass is 16.5. The third-order valence-electron chi connectivity index (χ3n) is 14.3. The Labute approximate surface area is 510 Å². The predicted octanol–water partition coefficient (Wildman–Crippen LogP) is 15.9. The van der Waals surface area contributed by atoms with Crippen LogP contribution in [0.1, 0.15) is 103 Å². The Bertz CT molecular complexity index is 3460. The van der Waals surface area contributed by atoms with Gasteiger partial charge in [0.05, 0.1) is 11.7 Å². The van der Waals surface area contributed by atoms with E-state index in [1.807, 2.05) is 112 Å². The second-order valence-electron chi connectivity index (χ2n) is 20.6. The van der Waals surface area contributed by atoms with Crippen molar-refractivity contribution in [2.45, 2.75) is 38.9 Å². The Morgan fingerprint density at radius 3 is 0.977 bits per heavy atom. The fraction of sp³-hybridized carbons (Fsp3) is 0.118. The number of aryl methyl sites for hydroxylation is 3. The monoisotopic (exact) mass is 1140 g/mol. The summed E-state index contributed by atoms with van der Waals surface area (Å²) in [6, 6.07) is 93.2. The van der Waals surface area contributed by atoms with Crippen LogP contribution in [-0.2, 0) is 0 Å². The van der Waals surface area contributed by atoms with Crippen LogP contribution in [-0.4, -0.2) is 49.9 Å². The van der Waals surface area contributed by atoms with Gasteiger partial charge in [0.25, 0.3) is 0 Å². The summed E-state index contributed by atoms with van der Waals surface area (Å²) in [7, 11) is 0. The third-order valence-corrected chi connectivity index (χ3v) is 14.3. The van der Waals surface area contributed by atoms with Crippen LogP contribution >= 0.6 is 0 Å². The zero-order valence-electron chi connectivity index (χ0n) is 49.2. The summed E-state index contributed by atoms with van der Waals surface area (Å²) in [6.45, 7) is 7.71. The number of rotatable bonds is 21. The molecule has 3 aromatic heterocycles. The lowest BCUT2D eigenvalue weighted by molar-refractivity contribution is 0.349. The van der Waals surface area contributed by atoms with Crippen molar-refractivity contribution in [1.29, 1.82) is 0 Å². The largest absolute Gasteiger partial charge is 0.447 e. The first-order chi connectivity index (χ1) is 42.9. The Morgan fingerprint density at radius 1 is 0.379 bits per heavy atom. The molecule has 0 unspecified atom stereocenters. The van der Waals surface area contributed by atoms with Gasteiger partial charge in [0.2, 0.25) is 11.8 Å². The van der Waals surface area contributed by atoms with E-state index >= 15 is 0 Å². The third kappa shape index (κ3) is 17.1. The lowest BCUT2D eigenvalue weighted by Gasteiger charge is -2.16. The minimum Gasteiger partial charge on any atom is -0.447 e. The summed E-state index contributed by atoms with van der Waals surface area (Å²) in [5.74, 6) is 3.45. The van der Waals surface area contributed by atoms with E-state index in [9.17, 15) is 0 Å². The van der Waals surface area contributed by atoms with Crippen molar-refractivity contribution in [1.82, 2.24) is 46.3 Å². The SMILES string of the molecule is Cc1coc([C@H](NCC=C(c2ccccc2)c2ccccc2)c2ccccc2)n1.Cc1nc([C@H](NCC=C(c2ccccc2)c2ccccc2)c2ccccc2)n[nH]1.Cc1noc([C@H](NCC=C(c2ccccc2)c2ccccc2)c2ccccc2)n1. The molecular formula is C76H71N9O2. The summed E-state index contributed by atoms with van der Waals surface area (Å²) >= 11 is 0. The van der Waals surface area contributed by atoms with Gasteiger partial charge in [-0.05, 0) is 87.6 Å². The molecular weight excluding hydrogens is 1070 g/mol. The molecule has 0 aliphatic rings. The van der Waals surface area contributed by atoms with Gasteiger partial charge in [-0.15, -0.1) is 0 Å². The number of oxazole rings is 1. The number of benzene rings is 9. The molecule has 0 fully saturated rings. The highest BCUT2D eigenvalue weighted by Gasteiger charge is 2.22. The van der Waals surface area contributed by atoms with Crippen LogP contribution in [0.25, 0.3) is 16.7 Å². The van der Waals surface area contributed by atoms with E-state index in [1.165, 1.54) is 50.1 Å². The van der Waals surface area contributed by atoms with Gasteiger partial charge in [0, 0.05) is 19.6 Å². The fourth-order valence-corrected chi connectivity index (χ4v) is 10.2. The van der Waals surface area contributed by atoms with Crippen LogP contribution < -0.4 is 16.0 Å². The highest BCUT2D eigenvalue weighted by Crippen LogP contribution is 2.28. The molecule has 4 N–H and O–H groups in total. The Kier molecular flexibility index (Phi) is 21.6. The van der Waals surface area contributed by atoms with Crippen molar-refractivity contribution in [2.75, 3.05) is 19.6 Å². The van der Waals surface area contributed by atoms with Crippen LogP contribution in [0.3, 0.4) is 0 Å². The average Bonchev–Trinajstić information content (AvgIpc) is 4.58. The van der Waals surface area contributed by atoms with Gasteiger partial charge in [-0.25, -0.2) is 9.97 Å². The molecule has 0 aliphatic heterocycles. The van der Waals surface area contributed by atoms with E-state index in [-0.39, 0.29) is 18.1 Å². The second-order valence-corrected chi connectivity index (χ2v) is 20.6. The van der Waals surface area contributed by atoms with E-state index in [2.05, 4.69) is 246 Å². The number of nitrogens with one attached hydrogen (secondary N) is 4. The molecule has 12 aromatic rings. The van der Waals surface area contributed by atoms with Crippen LogP contribution in [0.5, 0.6) is 0 Å². The minimum atomic E-state index is -0.165. The summed E-state index contributed by atoms with van der Waals surface area (Å²) in [4.78, 5) is 13.5. The van der Waals surface area contributed by atoms with E-state index in [0.717, 1.165) is 34.0 Å². The molecule has 12 rings (SSSR count). The maximum atomic E-state index is 5.71. The van der Waals surface area contributed by atoms with Gasteiger partial charge in [-0.3, -0.25) is 15.7 Å². The van der Waals surface area contributed by atoms with Crippen molar-refractivity contribution < 1.29 is 8.94 Å². The van der Waals surface area contributed by atoms with E-state index in [4.69, 9.17) is 8.94 Å². The van der Waals surface area contributed by atoms with Crippen molar-refractivity contribution in [3.8, 4) is 0 Å². The molecule has 432 valence electrons. The molecule has 0 spiro atoms.